The Bertz CT molecular complexity index is 520. The van der Waals surface area contributed by atoms with Gasteiger partial charge in [0.1, 0.15) is 0 Å². The number of rotatable bonds is 4. The Hall–Kier alpha value is -1.68. The molecule has 2 aromatic rings. The third kappa shape index (κ3) is 3.40. The van der Waals surface area contributed by atoms with Crippen LogP contribution in [0.4, 0.5) is 5.13 Å². The Morgan fingerprint density at radius 1 is 1.33 bits per heavy atom. The van der Waals surface area contributed by atoms with E-state index in [2.05, 4.69) is 10.3 Å². The number of aromatic nitrogens is 1. The van der Waals surface area contributed by atoms with Gasteiger partial charge >= 0.3 is 0 Å². The summed E-state index contributed by atoms with van der Waals surface area (Å²) in [6.45, 7) is 4.05. The summed E-state index contributed by atoms with van der Waals surface area (Å²) in [7, 11) is 0. The molecule has 0 aliphatic heterocycles. The normalized spacial score (nSPS) is 10.6. The summed E-state index contributed by atoms with van der Waals surface area (Å²) in [5.41, 5.74) is 1.12. The van der Waals surface area contributed by atoms with Crippen LogP contribution in [0.15, 0.2) is 36.5 Å². The quantitative estimate of drug-likeness (QED) is 0.908. The molecule has 0 saturated carbocycles. The van der Waals surface area contributed by atoms with Gasteiger partial charge in [-0.1, -0.05) is 55.5 Å². The lowest BCUT2D eigenvalue weighted by molar-refractivity contribution is -0.116. The minimum Gasteiger partial charge on any atom is -0.302 e. The van der Waals surface area contributed by atoms with Crippen LogP contribution in [-0.4, -0.2) is 10.9 Å². The van der Waals surface area contributed by atoms with Gasteiger partial charge < -0.3 is 5.32 Å². The summed E-state index contributed by atoms with van der Waals surface area (Å²) < 4.78 is 0. The van der Waals surface area contributed by atoms with Crippen molar-refractivity contribution in [3.05, 3.63) is 36.5 Å². The van der Waals surface area contributed by atoms with Crippen LogP contribution in [-0.2, 0) is 4.79 Å². The van der Waals surface area contributed by atoms with Gasteiger partial charge in [0.25, 0.3) is 0 Å². The van der Waals surface area contributed by atoms with E-state index < -0.39 is 0 Å². The van der Waals surface area contributed by atoms with Crippen LogP contribution in [0.1, 0.15) is 20.3 Å². The molecule has 1 aromatic heterocycles. The molecule has 0 aliphatic rings. The summed E-state index contributed by atoms with van der Waals surface area (Å²) in [5, 5.41) is 3.50. The average Bonchev–Trinajstić information content (AvgIpc) is 2.77. The third-order valence-corrected chi connectivity index (χ3v) is 3.37. The predicted molar refractivity (Wildman–Crippen MR) is 75.6 cm³/mol. The second kappa shape index (κ2) is 5.78. The second-order valence-corrected chi connectivity index (χ2v) is 5.57. The number of benzene rings is 1. The fourth-order valence-corrected chi connectivity index (χ4v) is 2.45. The molecule has 2 rings (SSSR count). The molecule has 4 heteroatoms. The molecule has 94 valence electrons. The van der Waals surface area contributed by atoms with Gasteiger partial charge in [-0.15, -0.1) is 0 Å². The van der Waals surface area contributed by atoms with E-state index >= 15 is 0 Å². The first-order valence-corrected chi connectivity index (χ1v) is 6.78. The standard InChI is InChI=1S/C14H16N2OS/c1-10(2)8-13(17)16-14-15-9-12(18-14)11-6-4-3-5-7-11/h3-7,9-10H,8H2,1-2H3,(H,15,16,17). The van der Waals surface area contributed by atoms with Crippen LogP contribution < -0.4 is 5.32 Å². The molecule has 0 atom stereocenters. The van der Waals surface area contributed by atoms with E-state index in [-0.39, 0.29) is 5.91 Å². The summed E-state index contributed by atoms with van der Waals surface area (Å²) >= 11 is 1.50. The fourth-order valence-electron chi connectivity index (χ4n) is 1.61. The molecule has 1 amide bonds. The van der Waals surface area contributed by atoms with Gasteiger partial charge in [0.05, 0.1) is 4.88 Å². The second-order valence-electron chi connectivity index (χ2n) is 4.54. The zero-order valence-electron chi connectivity index (χ0n) is 10.5. The highest BCUT2D eigenvalue weighted by Gasteiger charge is 2.09. The van der Waals surface area contributed by atoms with E-state index in [0.29, 0.717) is 17.5 Å². The Morgan fingerprint density at radius 3 is 2.72 bits per heavy atom. The molecule has 1 aromatic carbocycles. The number of amides is 1. The van der Waals surface area contributed by atoms with Crippen LogP contribution in [0.5, 0.6) is 0 Å². The fraction of sp³-hybridized carbons (Fsp3) is 0.286. The largest absolute Gasteiger partial charge is 0.302 e. The van der Waals surface area contributed by atoms with Crippen molar-refractivity contribution >= 4 is 22.4 Å². The molecule has 0 aliphatic carbocycles. The zero-order valence-corrected chi connectivity index (χ0v) is 11.3. The van der Waals surface area contributed by atoms with Gasteiger partial charge in [-0.05, 0) is 11.5 Å². The van der Waals surface area contributed by atoms with E-state index in [9.17, 15) is 4.79 Å². The first kappa shape index (κ1) is 12.8. The first-order valence-electron chi connectivity index (χ1n) is 5.96. The molecule has 18 heavy (non-hydrogen) atoms. The minimum absolute atomic E-state index is 0.0268. The lowest BCUT2D eigenvalue weighted by Gasteiger charge is -2.03. The number of anilines is 1. The Labute approximate surface area is 111 Å². The summed E-state index contributed by atoms with van der Waals surface area (Å²) in [6.07, 6.45) is 2.32. The van der Waals surface area contributed by atoms with Gasteiger partial charge in [-0.2, -0.15) is 0 Å². The van der Waals surface area contributed by atoms with Gasteiger partial charge in [-0.3, -0.25) is 4.79 Å². The smallest absolute Gasteiger partial charge is 0.226 e. The number of carbonyl (C=O) groups is 1. The van der Waals surface area contributed by atoms with Crippen LogP contribution in [0.25, 0.3) is 10.4 Å². The highest BCUT2D eigenvalue weighted by molar-refractivity contribution is 7.19. The number of carbonyl (C=O) groups excluding carboxylic acids is 1. The molecule has 3 nitrogen and oxygen atoms in total. The molecule has 0 radical (unpaired) electrons. The number of nitrogens with one attached hydrogen (secondary N) is 1. The summed E-state index contributed by atoms with van der Waals surface area (Å²) in [5.74, 6) is 0.387. The van der Waals surface area contributed by atoms with E-state index in [0.717, 1.165) is 10.4 Å². The minimum atomic E-state index is 0.0268. The van der Waals surface area contributed by atoms with Crippen LogP contribution in [0.2, 0.25) is 0 Å². The maximum Gasteiger partial charge on any atom is 0.226 e. The molecule has 0 fully saturated rings. The first-order chi connectivity index (χ1) is 8.65. The zero-order chi connectivity index (χ0) is 13.0. The lowest BCUT2D eigenvalue weighted by atomic mass is 10.1. The molecular formula is C14H16N2OS. The molecule has 1 N–H and O–H groups in total. The molecule has 1 heterocycles. The predicted octanol–water partition coefficient (Wildman–Crippen LogP) is 3.79. The van der Waals surface area contributed by atoms with Crippen LogP contribution in [0.3, 0.4) is 0 Å². The monoisotopic (exact) mass is 260 g/mol. The van der Waals surface area contributed by atoms with Gasteiger partial charge in [0.15, 0.2) is 5.13 Å². The van der Waals surface area contributed by atoms with Gasteiger partial charge in [-0.25, -0.2) is 4.98 Å². The maximum absolute atomic E-state index is 11.6. The van der Waals surface area contributed by atoms with Crippen molar-refractivity contribution < 1.29 is 4.79 Å². The number of thiazole rings is 1. The molecular weight excluding hydrogens is 244 g/mol. The highest BCUT2D eigenvalue weighted by Crippen LogP contribution is 2.28. The van der Waals surface area contributed by atoms with Crippen molar-refractivity contribution in [2.24, 2.45) is 5.92 Å². The maximum atomic E-state index is 11.6. The molecule has 0 bridgehead atoms. The molecule has 0 saturated heterocycles. The highest BCUT2D eigenvalue weighted by atomic mass is 32.1. The van der Waals surface area contributed by atoms with Crippen molar-refractivity contribution in [1.82, 2.24) is 4.98 Å². The van der Waals surface area contributed by atoms with E-state index in [4.69, 9.17) is 0 Å². The summed E-state index contributed by atoms with van der Waals surface area (Å²) in [4.78, 5) is 16.9. The van der Waals surface area contributed by atoms with Crippen molar-refractivity contribution in [2.75, 3.05) is 5.32 Å². The van der Waals surface area contributed by atoms with E-state index in [1.54, 1.807) is 6.20 Å². The Morgan fingerprint density at radius 2 is 2.06 bits per heavy atom. The van der Waals surface area contributed by atoms with Gasteiger partial charge in [0.2, 0.25) is 5.91 Å². The molecule has 0 unspecified atom stereocenters. The lowest BCUT2D eigenvalue weighted by Crippen LogP contribution is -2.13. The number of hydrogen-bond donors (Lipinski definition) is 1. The van der Waals surface area contributed by atoms with Crippen molar-refractivity contribution in [3.8, 4) is 10.4 Å². The molecule has 0 spiro atoms. The van der Waals surface area contributed by atoms with Crippen molar-refractivity contribution in [1.29, 1.82) is 0 Å². The SMILES string of the molecule is CC(C)CC(=O)Nc1ncc(-c2ccccc2)s1. The van der Waals surface area contributed by atoms with Crippen molar-refractivity contribution in [3.63, 3.8) is 0 Å². The topological polar surface area (TPSA) is 42.0 Å². The van der Waals surface area contributed by atoms with Crippen LogP contribution in [0, 0.1) is 5.92 Å². The van der Waals surface area contributed by atoms with E-state index in [1.807, 2.05) is 44.2 Å². The number of hydrogen-bond acceptors (Lipinski definition) is 3. The summed E-state index contributed by atoms with van der Waals surface area (Å²) in [6, 6.07) is 10.0. The Balaban J connectivity index is 2.05. The Kier molecular flexibility index (Phi) is 4.10. The third-order valence-electron chi connectivity index (χ3n) is 2.40. The average molecular weight is 260 g/mol. The number of nitrogens with zero attached hydrogens (tertiary/aromatic N) is 1. The van der Waals surface area contributed by atoms with Gasteiger partial charge in [0, 0.05) is 12.6 Å². The van der Waals surface area contributed by atoms with Crippen molar-refractivity contribution in [2.45, 2.75) is 20.3 Å². The van der Waals surface area contributed by atoms with Crippen LogP contribution >= 0.6 is 11.3 Å². The van der Waals surface area contributed by atoms with E-state index in [1.165, 1.54) is 11.3 Å².